The summed E-state index contributed by atoms with van der Waals surface area (Å²) >= 11 is 0. The molecule has 39 heavy (non-hydrogen) atoms. The number of aryl methyl sites for hydroxylation is 1. The molecule has 4 aromatic rings. The summed E-state index contributed by atoms with van der Waals surface area (Å²) < 4.78 is 7.73. The number of ether oxygens (including phenoxy) is 1. The number of nitrogens with zero attached hydrogens (tertiary/aromatic N) is 3. The number of aliphatic hydroxyl groups is 1. The fraction of sp³-hybridized carbons (Fsp3) is 0.281. The van der Waals surface area contributed by atoms with Crippen LogP contribution >= 0.6 is 0 Å². The third-order valence-electron chi connectivity index (χ3n) is 7.14. The van der Waals surface area contributed by atoms with E-state index in [1.165, 1.54) is 0 Å². The Bertz CT molecular complexity index is 1520. The number of hydrogen-bond acceptors (Lipinski definition) is 5. The second kappa shape index (κ2) is 11.6. The van der Waals surface area contributed by atoms with Crippen molar-refractivity contribution in [3.8, 4) is 5.75 Å². The number of aliphatic hydroxyl groups excluding tert-OH is 1. The Kier molecular flexibility index (Phi) is 7.77. The van der Waals surface area contributed by atoms with Crippen molar-refractivity contribution in [2.75, 3.05) is 13.2 Å². The number of ketones is 1. The molecule has 1 unspecified atom stereocenters. The van der Waals surface area contributed by atoms with Gasteiger partial charge in [0.2, 0.25) is 0 Å². The third kappa shape index (κ3) is 5.30. The van der Waals surface area contributed by atoms with Crippen LogP contribution in [0, 0.1) is 6.92 Å². The summed E-state index contributed by atoms with van der Waals surface area (Å²) in [5.41, 5.74) is 3.45. The predicted octanol–water partition coefficient (Wildman–Crippen LogP) is 5.88. The largest absolute Gasteiger partial charge is 0.505 e. The van der Waals surface area contributed by atoms with Gasteiger partial charge in [0.25, 0.3) is 11.7 Å². The molecule has 1 fully saturated rings. The van der Waals surface area contributed by atoms with Crippen LogP contribution in [-0.2, 0) is 16.0 Å². The summed E-state index contributed by atoms with van der Waals surface area (Å²) in [6.45, 7) is 4.84. The Morgan fingerprint density at radius 2 is 1.79 bits per heavy atom. The molecule has 3 heterocycles. The summed E-state index contributed by atoms with van der Waals surface area (Å²) in [6, 6.07) is 22.1. The number of carbonyl (C=O) groups excluding carboxylic acids is 2. The third-order valence-corrected chi connectivity index (χ3v) is 7.14. The number of unbranched alkanes of at least 4 members (excludes halogenated alkanes) is 2. The van der Waals surface area contributed by atoms with Gasteiger partial charge in [0, 0.05) is 12.7 Å². The predicted molar refractivity (Wildman–Crippen MR) is 151 cm³/mol. The standard InChI is InChI=1S/C32H33N3O4/c1-3-4-10-20-39-25-15-11-14-24(21-25)29-27(30(36)28-22(2)33-26-16-8-9-18-34(26)28)31(37)32(38)35(29)19-17-23-12-6-5-7-13-23/h5-9,11-16,18,21,29,36H,3-4,10,17,19-20H2,1-2H3. The Morgan fingerprint density at radius 3 is 2.59 bits per heavy atom. The molecule has 0 radical (unpaired) electrons. The molecule has 1 amide bonds. The normalized spacial score (nSPS) is 16.8. The molecule has 0 bridgehead atoms. The van der Waals surface area contributed by atoms with Crippen LogP contribution in [0.3, 0.4) is 0 Å². The smallest absolute Gasteiger partial charge is 0.295 e. The number of benzene rings is 2. The Morgan fingerprint density at radius 1 is 1.00 bits per heavy atom. The van der Waals surface area contributed by atoms with Gasteiger partial charge >= 0.3 is 0 Å². The van der Waals surface area contributed by atoms with Gasteiger partial charge in [-0.05, 0) is 55.2 Å². The Hall–Kier alpha value is -4.39. The molecule has 1 saturated heterocycles. The molecule has 1 N–H and O–H groups in total. The van der Waals surface area contributed by atoms with Crippen LogP contribution in [0.2, 0.25) is 0 Å². The van der Waals surface area contributed by atoms with E-state index in [1.54, 1.807) is 22.4 Å². The van der Waals surface area contributed by atoms with Crippen molar-refractivity contribution < 1.29 is 19.4 Å². The zero-order valence-electron chi connectivity index (χ0n) is 22.3. The molecule has 0 aliphatic carbocycles. The SMILES string of the molecule is CCCCCOc1cccc(C2C(=C(O)c3c(C)nc4ccccn34)C(=O)C(=O)N2CCc2ccccc2)c1. The van der Waals surface area contributed by atoms with Crippen LogP contribution in [0.15, 0.2) is 84.6 Å². The molecule has 5 rings (SSSR count). The van der Waals surface area contributed by atoms with Crippen LogP contribution in [-0.4, -0.2) is 44.2 Å². The highest BCUT2D eigenvalue weighted by Crippen LogP contribution is 2.41. The lowest BCUT2D eigenvalue weighted by molar-refractivity contribution is -0.139. The molecule has 1 aliphatic heterocycles. The van der Waals surface area contributed by atoms with E-state index in [9.17, 15) is 14.7 Å². The van der Waals surface area contributed by atoms with Crippen molar-refractivity contribution in [3.63, 3.8) is 0 Å². The molecule has 1 atom stereocenters. The summed E-state index contributed by atoms with van der Waals surface area (Å²) in [7, 11) is 0. The molecule has 2 aromatic carbocycles. The number of pyridine rings is 1. The summed E-state index contributed by atoms with van der Waals surface area (Å²) in [4.78, 5) is 33.1. The fourth-order valence-corrected chi connectivity index (χ4v) is 5.19. The van der Waals surface area contributed by atoms with Gasteiger partial charge in [-0.1, -0.05) is 68.3 Å². The van der Waals surface area contributed by atoms with Gasteiger partial charge in [-0.15, -0.1) is 0 Å². The highest BCUT2D eigenvalue weighted by Gasteiger charge is 2.46. The first kappa shape index (κ1) is 26.2. The Balaban J connectivity index is 1.59. The second-order valence-corrected chi connectivity index (χ2v) is 9.83. The van der Waals surface area contributed by atoms with Crippen molar-refractivity contribution in [2.24, 2.45) is 0 Å². The van der Waals surface area contributed by atoms with Crippen LogP contribution in [0.25, 0.3) is 11.4 Å². The number of amides is 1. The molecular weight excluding hydrogens is 490 g/mol. The minimum atomic E-state index is -0.762. The highest BCUT2D eigenvalue weighted by molar-refractivity contribution is 6.46. The number of carbonyl (C=O) groups is 2. The van der Waals surface area contributed by atoms with Gasteiger partial charge in [0.05, 0.1) is 23.9 Å². The van der Waals surface area contributed by atoms with E-state index < -0.39 is 17.7 Å². The van der Waals surface area contributed by atoms with Crippen LogP contribution in [0.5, 0.6) is 5.75 Å². The summed E-state index contributed by atoms with van der Waals surface area (Å²) in [5, 5.41) is 11.7. The van der Waals surface area contributed by atoms with E-state index in [0.717, 1.165) is 24.8 Å². The number of aromatic nitrogens is 2. The van der Waals surface area contributed by atoms with Gasteiger partial charge in [-0.2, -0.15) is 0 Å². The van der Waals surface area contributed by atoms with E-state index in [1.807, 2.05) is 72.8 Å². The number of likely N-dealkylation sites (tertiary alicyclic amines) is 1. The minimum absolute atomic E-state index is 0.0601. The van der Waals surface area contributed by atoms with E-state index in [4.69, 9.17) is 4.74 Å². The van der Waals surface area contributed by atoms with E-state index in [-0.39, 0.29) is 11.3 Å². The molecule has 200 valence electrons. The monoisotopic (exact) mass is 523 g/mol. The molecule has 0 spiro atoms. The first-order valence-corrected chi connectivity index (χ1v) is 13.5. The van der Waals surface area contributed by atoms with E-state index >= 15 is 0 Å². The van der Waals surface area contributed by atoms with Gasteiger partial charge in [-0.3, -0.25) is 14.0 Å². The fourth-order valence-electron chi connectivity index (χ4n) is 5.19. The maximum Gasteiger partial charge on any atom is 0.295 e. The topological polar surface area (TPSA) is 84.1 Å². The molecule has 2 aromatic heterocycles. The molecular formula is C32H33N3O4. The number of hydrogen-bond donors (Lipinski definition) is 1. The maximum absolute atomic E-state index is 13.6. The van der Waals surface area contributed by atoms with Crippen molar-refractivity contribution >= 4 is 23.1 Å². The zero-order valence-corrected chi connectivity index (χ0v) is 22.3. The minimum Gasteiger partial charge on any atom is -0.505 e. The average Bonchev–Trinajstić information content (AvgIpc) is 3.42. The molecule has 7 heteroatoms. The van der Waals surface area contributed by atoms with Crippen LogP contribution in [0.1, 0.15) is 54.7 Å². The number of imidazole rings is 1. The molecule has 1 aliphatic rings. The summed E-state index contributed by atoms with van der Waals surface area (Å²) in [6.07, 6.45) is 5.49. The number of fused-ring (bicyclic) bond motifs is 1. The summed E-state index contributed by atoms with van der Waals surface area (Å²) in [5.74, 6) is -0.891. The van der Waals surface area contributed by atoms with E-state index in [0.29, 0.717) is 47.9 Å². The average molecular weight is 524 g/mol. The van der Waals surface area contributed by atoms with Crippen molar-refractivity contribution in [2.45, 2.75) is 45.6 Å². The van der Waals surface area contributed by atoms with Gasteiger partial charge in [0.1, 0.15) is 17.1 Å². The van der Waals surface area contributed by atoms with Gasteiger partial charge in [0.15, 0.2) is 5.76 Å². The van der Waals surface area contributed by atoms with Crippen molar-refractivity contribution in [1.29, 1.82) is 0 Å². The first-order valence-electron chi connectivity index (χ1n) is 13.5. The number of Topliss-reactive ketones (excluding diaryl/α,β-unsaturated/α-hetero) is 1. The Labute approximate surface area is 228 Å². The lowest BCUT2D eigenvalue weighted by Gasteiger charge is -2.26. The quantitative estimate of drug-likeness (QED) is 0.122. The highest BCUT2D eigenvalue weighted by atomic mass is 16.5. The van der Waals surface area contributed by atoms with Gasteiger partial charge in [-0.25, -0.2) is 4.98 Å². The van der Waals surface area contributed by atoms with E-state index in [2.05, 4.69) is 11.9 Å². The van der Waals surface area contributed by atoms with Crippen LogP contribution in [0.4, 0.5) is 0 Å². The second-order valence-electron chi connectivity index (χ2n) is 9.83. The zero-order chi connectivity index (χ0) is 27.4. The van der Waals surface area contributed by atoms with Crippen molar-refractivity contribution in [3.05, 3.63) is 107 Å². The lowest BCUT2D eigenvalue weighted by Crippen LogP contribution is -2.31. The molecule has 7 nitrogen and oxygen atoms in total. The first-order chi connectivity index (χ1) is 19.0. The number of rotatable bonds is 10. The lowest BCUT2D eigenvalue weighted by atomic mass is 9.96. The van der Waals surface area contributed by atoms with Crippen molar-refractivity contribution in [1.82, 2.24) is 14.3 Å². The molecule has 0 saturated carbocycles. The van der Waals surface area contributed by atoms with Crippen LogP contribution < -0.4 is 4.74 Å². The van der Waals surface area contributed by atoms with Gasteiger partial charge < -0.3 is 14.7 Å². The maximum atomic E-state index is 13.6.